The minimum absolute atomic E-state index is 0.0706. The first kappa shape index (κ1) is 16.2. The van der Waals surface area contributed by atoms with Crippen molar-refractivity contribution in [2.75, 3.05) is 13.1 Å². The summed E-state index contributed by atoms with van der Waals surface area (Å²) >= 11 is 0. The van der Waals surface area contributed by atoms with Crippen LogP contribution in [0.2, 0.25) is 0 Å². The average Bonchev–Trinajstić information content (AvgIpc) is 2.85. The van der Waals surface area contributed by atoms with Crippen LogP contribution < -0.4 is 5.32 Å². The molecule has 2 fully saturated rings. The molecular weight excluding hydrogens is 288 g/mol. The van der Waals surface area contributed by atoms with E-state index in [1.54, 1.807) is 0 Å². The Morgan fingerprint density at radius 3 is 2.57 bits per heavy atom. The molecule has 2 heterocycles. The molecule has 124 valence electrons. The number of aryl methyl sites for hydroxylation is 1. The van der Waals surface area contributed by atoms with E-state index in [-0.39, 0.29) is 11.7 Å². The number of hydrogen-bond acceptors (Lipinski definition) is 3. The molecule has 0 aromatic heterocycles. The van der Waals surface area contributed by atoms with Crippen molar-refractivity contribution in [3.8, 4) is 0 Å². The highest BCUT2D eigenvalue weighted by Crippen LogP contribution is 2.28. The van der Waals surface area contributed by atoms with Crippen LogP contribution in [0.1, 0.15) is 54.9 Å². The van der Waals surface area contributed by atoms with E-state index in [0.717, 1.165) is 44.3 Å². The Balaban J connectivity index is 1.56. The number of hydrogen-bond donors (Lipinski definition) is 1. The molecule has 2 unspecified atom stereocenters. The summed E-state index contributed by atoms with van der Waals surface area (Å²) in [4.78, 5) is 27.0. The van der Waals surface area contributed by atoms with Gasteiger partial charge in [-0.05, 0) is 37.8 Å². The van der Waals surface area contributed by atoms with Gasteiger partial charge in [0.15, 0.2) is 5.78 Å². The van der Waals surface area contributed by atoms with Gasteiger partial charge >= 0.3 is 0 Å². The van der Waals surface area contributed by atoms with Crippen LogP contribution in [0.3, 0.4) is 0 Å². The van der Waals surface area contributed by atoms with E-state index in [1.165, 1.54) is 5.56 Å². The first-order valence-electron chi connectivity index (χ1n) is 8.83. The number of Topliss-reactive ketones (excluding diaryl/α,β-unsaturated/α-hetero) is 1. The molecule has 2 saturated heterocycles. The maximum atomic E-state index is 12.6. The summed E-state index contributed by atoms with van der Waals surface area (Å²) in [6, 6.07) is 8.46. The maximum Gasteiger partial charge on any atom is 0.223 e. The monoisotopic (exact) mass is 314 g/mol. The molecule has 2 aliphatic heterocycles. The van der Waals surface area contributed by atoms with E-state index in [4.69, 9.17) is 0 Å². The number of carbonyl (C=O) groups excluding carboxylic acids is 2. The fourth-order valence-electron chi connectivity index (χ4n) is 3.81. The van der Waals surface area contributed by atoms with E-state index < -0.39 is 0 Å². The topological polar surface area (TPSA) is 49.4 Å². The lowest BCUT2D eigenvalue weighted by atomic mass is 10.0. The number of carbonyl (C=O) groups is 2. The Hall–Kier alpha value is -1.68. The lowest BCUT2D eigenvalue weighted by Gasteiger charge is -2.27. The fraction of sp³-hybridized carbons (Fsp3) is 0.579. The Morgan fingerprint density at radius 2 is 1.83 bits per heavy atom. The molecule has 1 aromatic carbocycles. The zero-order valence-corrected chi connectivity index (χ0v) is 13.9. The summed E-state index contributed by atoms with van der Waals surface area (Å²) in [5.41, 5.74) is 1.95. The summed E-state index contributed by atoms with van der Waals surface area (Å²) in [7, 11) is 0. The lowest BCUT2D eigenvalue weighted by molar-refractivity contribution is -0.133. The van der Waals surface area contributed by atoms with Gasteiger partial charge in [-0.1, -0.05) is 31.2 Å². The van der Waals surface area contributed by atoms with Gasteiger partial charge in [-0.3, -0.25) is 9.59 Å². The van der Waals surface area contributed by atoms with Gasteiger partial charge in [-0.15, -0.1) is 0 Å². The van der Waals surface area contributed by atoms with Crippen LogP contribution in [0.5, 0.6) is 0 Å². The second kappa shape index (κ2) is 7.26. The highest BCUT2D eigenvalue weighted by atomic mass is 16.2. The molecule has 0 aliphatic carbocycles. The molecule has 0 radical (unpaired) electrons. The predicted molar refractivity (Wildman–Crippen MR) is 90.5 cm³/mol. The van der Waals surface area contributed by atoms with Crippen molar-refractivity contribution >= 4 is 11.7 Å². The molecule has 4 nitrogen and oxygen atoms in total. The third-order valence-corrected chi connectivity index (χ3v) is 5.19. The zero-order valence-electron chi connectivity index (χ0n) is 13.9. The van der Waals surface area contributed by atoms with E-state index in [2.05, 4.69) is 17.1 Å². The molecular formula is C19H26N2O2. The summed E-state index contributed by atoms with van der Waals surface area (Å²) < 4.78 is 0. The summed E-state index contributed by atoms with van der Waals surface area (Å²) in [6.45, 7) is 3.99. The molecule has 4 heteroatoms. The van der Waals surface area contributed by atoms with Crippen molar-refractivity contribution in [2.24, 2.45) is 0 Å². The number of benzene rings is 1. The van der Waals surface area contributed by atoms with Crippen molar-refractivity contribution in [2.45, 2.75) is 57.5 Å². The van der Waals surface area contributed by atoms with Gasteiger partial charge in [0.05, 0.1) is 0 Å². The predicted octanol–water partition coefficient (Wildman–Crippen LogP) is 2.56. The highest BCUT2D eigenvalue weighted by Gasteiger charge is 2.37. The van der Waals surface area contributed by atoms with Crippen LogP contribution in [0.4, 0.5) is 0 Å². The summed E-state index contributed by atoms with van der Waals surface area (Å²) in [5, 5.41) is 3.40. The number of nitrogens with one attached hydrogen (secondary N) is 1. The quantitative estimate of drug-likeness (QED) is 0.850. The van der Waals surface area contributed by atoms with Crippen molar-refractivity contribution in [3.63, 3.8) is 0 Å². The number of amides is 1. The molecule has 1 aromatic rings. The van der Waals surface area contributed by atoms with Crippen LogP contribution in [0.25, 0.3) is 0 Å². The van der Waals surface area contributed by atoms with Gasteiger partial charge in [-0.25, -0.2) is 0 Å². The number of ketones is 1. The van der Waals surface area contributed by atoms with Gasteiger partial charge in [0.2, 0.25) is 5.91 Å². The highest BCUT2D eigenvalue weighted by molar-refractivity contribution is 5.98. The third kappa shape index (κ3) is 3.63. The molecule has 2 atom stereocenters. The van der Waals surface area contributed by atoms with Crippen LogP contribution in [-0.4, -0.2) is 41.8 Å². The van der Waals surface area contributed by atoms with E-state index in [0.29, 0.717) is 24.9 Å². The van der Waals surface area contributed by atoms with Gasteiger partial charge in [0.25, 0.3) is 0 Å². The van der Waals surface area contributed by atoms with Crippen molar-refractivity contribution in [3.05, 3.63) is 35.4 Å². The minimum Gasteiger partial charge on any atom is -0.335 e. The first-order valence-corrected chi connectivity index (χ1v) is 8.83. The Kier molecular flexibility index (Phi) is 5.11. The zero-order chi connectivity index (χ0) is 16.2. The summed E-state index contributed by atoms with van der Waals surface area (Å²) in [6.07, 6.45) is 4.86. The van der Waals surface area contributed by atoms with E-state index in [9.17, 15) is 9.59 Å². The molecule has 2 aliphatic rings. The summed E-state index contributed by atoms with van der Waals surface area (Å²) in [5.74, 6) is 0.223. The number of fused-ring (bicyclic) bond motifs is 2. The van der Waals surface area contributed by atoms with E-state index >= 15 is 0 Å². The molecule has 23 heavy (non-hydrogen) atoms. The second-order valence-electron chi connectivity index (χ2n) is 6.65. The molecule has 1 amide bonds. The van der Waals surface area contributed by atoms with Crippen LogP contribution in [0, 0.1) is 0 Å². The lowest BCUT2D eigenvalue weighted by Crippen LogP contribution is -2.42. The van der Waals surface area contributed by atoms with Crippen LogP contribution >= 0.6 is 0 Å². The third-order valence-electron chi connectivity index (χ3n) is 5.19. The standard InChI is InChI=1S/C19H26N2O2/c1-2-14-3-5-15(6-4-14)18(22)9-10-19(23)21-16-7-8-17(21)13-20-12-11-16/h3-6,16-17,20H,2,7-13H2,1H3. The van der Waals surface area contributed by atoms with E-state index in [1.807, 2.05) is 24.3 Å². The van der Waals surface area contributed by atoms with Crippen molar-refractivity contribution < 1.29 is 9.59 Å². The van der Waals surface area contributed by atoms with Gasteiger partial charge in [0, 0.05) is 37.0 Å². The fourth-order valence-corrected chi connectivity index (χ4v) is 3.81. The first-order chi connectivity index (χ1) is 11.2. The molecule has 0 saturated carbocycles. The molecule has 1 N–H and O–H groups in total. The normalized spacial score (nSPS) is 23.6. The van der Waals surface area contributed by atoms with Crippen LogP contribution in [-0.2, 0) is 11.2 Å². The van der Waals surface area contributed by atoms with Crippen molar-refractivity contribution in [1.82, 2.24) is 10.2 Å². The number of rotatable bonds is 5. The molecule has 0 spiro atoms. The maximum absolute atomic E-state index is 12.6. The van der Waals surface area contributed by atoms with Gasteiger partial charge < -0.3 is 10.2 Å². The average molecular weight is 314 g/mol. The second-order valence-corrected chi connectivity index (χ2v) is 6.65. The van der Waals surface area contributed by atoms with Crippen molar-refractivity contribution in [1.29, 1.82) is 0 Å². The Labute approximate surface area is 138 Å². The number of nitrogens with zero attached hydrogens (tertiary/aromatic N) is 1. The molecule has 2 bridgehead atoms. The van der Waals surface area contributed by atoms with Gasteiger partial charge in [-0.2, -0.15) is 0 Å². The van der Waals surface area contributed by atoms with Gasteiger partial charge in [0.1, 0.15) is 0 Å². The largest absolute Gasteiger partial charge is 0.335 e. The Bertz CT molecular complexity index is 553. The molecule has 3 rings (SSSR count). The smallest absolute Gasteiger partial charge is 0.223 e. The SMILES string of the molecule is CCc1ccc(C(=O)CCC(=O)N2C3CCNCC2CC3)cc1. The van der Waals surface area contributed by atoms with Crippen LogP contribution in [0.15, 0.2) is 24.3 Å². The Morgan fingerprint density at radius 1 is 1.09 bits per heavy atom. The minimum atomic E-state index is 0.0706.